The van der Waals surface area contributed by atoms with E-state index in [9.17, 15) is 9.18 Å². The first-order valence-corrected chi connectivity index (χ1v) is 12.2. The first-order chi connectivity index (χ1) is 16.2. The minimum Gasteiger partial charge on any atom is -0.497 e. The molecule has 1 aromatic heterocycles. The van der Waals surface area contributed by atoms with Gasteiger partial charge in [-0.25, -0.2) is 9.18 Å². The molecule has 0 saturated carbocycles. The monoisotopic (exact) mass is 524 g/mol. The van der Waals surface area contributed by atoms with Gasteiger partial charge in [0.05, 0.1) is 7.11 Å². The number of piperidine rings is 1. The predicted octanol–water partition coefficient (Wildman–Crippen LogP) is 6.18. The van der Waals surface area contributed by atoms with Crippen LogP contribution in [0.4, 0.5) is 9.18 Å². The summed E-state index contributed by atoms with van der Waals surface area (Å²) in [6, 6.07) is 13.0. The highest BCUT2D eigenvalue weighted by molar-refractivity contribution is 6.67. The number of methoxy groups -OCH3 is 1. The maximum absolute atomic E-state index is 14.1. The Morgan fingerprint density at radius 2 is 2.09 bits per heavy atom. The summed E-state index contributed by atoms with van der Waals surface area (Å²) in [6.07, 6.45) is 1.69. The highest BCUT2D eigenvalue weighted by Crippen LogP contribution is 2.49. The Morgan fingerprint density at radius 3 is 2.85 bits per heavy atom. The fraction of sp³-hybridized carbons (Fsp3) is 0.400. The molecule has 2 heterocycles. The molecule has 0 radical (unpaired) electrons. The van der Waals surface area contributed by atoms with Crippen molar-refractivity contribution in [2.75, 3.05) is 26.8 Å². The van der Waals surface area contributed by atoms with Gasteiger partial charge in [-0.15, -0.1) is 0 Å². The van der Waals surface area contributed by atoms with Crippen molar-refractivity contribution in [3.05, 3.63) is 65.1 Å². The van der Waals surface area contributed by atoms with Crippen LogP contribution in [-0.4, -0.2) is 46.6 Å². The smallest absolute Gasteiger partial charge is 0.409 e. The summed E-state index contributed by atoms with van der Waals surface area (Å²) in [4.78, 5) is 18.0. The number of halogens is 4. The number of rotatable bonds is 3. The number of H-pyrrole nitrogens is 1. The van der Waals surface area contributed by atoms with E-state index >= 15 is 0 Å². The highest BCUT2D eigenvalue weighted by Gasteiger charge is 2.49. The molecule has 180 valence electrons. The molecule has 1 N–H and O–H groups in total. The lowest BCUT2D eigenvalue weighted by Crippen LogP contribution is -2.55. The third-order valence-corrected chi connectivity index (χ3v) is 7.54. The second kappa shape index (κ2) is 8.81. The van der Waals surface area contributed by atoms with Crippen molar-refractivity contribution < 1.29 is 18.7 Å². The molecule has 34 heavy (non-hydrogen) atoms. The fourth-order valence-corrected chi connectivity index (χ4v) is 5.76. The zero-order valence-electron chi connectivity index (χ0n) is 18.5. The van der Waals surface area contributed by atoms with Crippen molar-refractivity contribution >= 4 is 51.8 Å². The molecule has 9 heteroatoms. The molecule has 1 saturated heterocycles. The molecule has 5 rings (SSSR count). The Kier molecular flexibility index (Phi) is 6.11. The van der Waals surface area contributed by atoms with E-state index in [1.54, 1.807) is 24.1 Å². The standard InChI is InChI=1S/C25H24Cl3FN2O3/c1-33-18-4-2-3-15(9-18)24-7-8-31(23(32)34-14-25(26,27)28)13-16(24)10-19-20-11-17(29)5-6-21(20)30-22(19)12-24/h2-6,9,11,16,30H,7-8,10,12-14H2,1H3. The van der Waals surface area contributed by atoms with Crippen molar-refractivity contribution in [2.24, 2.45) is 5.92 Å². The molecule has 0 spiro atoms. The van der Waals surface area contributed by atoms with E-state index in [0.29, 0.717) is 19.5 Å². The molecule has 1 aliphatic heterocycles. The third-order valence-electron chi connectivity index (χ3n) is 7.21. The zero-order chi connectivity index (χ0) is 24.1. The van der Waals surface area contributed by atoms with Crippen LogP contribution in [0.25, 0.3) is 10.9 Å². The van der Waals surface area contributed by atoms with E-state index in [1.807, 2.05) is 12.1 Å². The number of hydrogen-bond donors (Lipinski definition) is 1. The zero-order valence-corrected chi connectivity index (χ0v) is 20.8. The largest absolute Gasteiger partial charge is 0.497 e. The molecular weight excluding hydrogens is 502 g/mol. The molecule has 2 unspecified atom stereocenters. The summed E-state index contributed by atoms with van der Waals surface area (Å²) in [6.45, 7) is 0.679. The molecule has 2 aromatic carbocycles. The first kappa shape index (κ1) is 23.6. The van der Waals surface area contributed by atoms with Crippen LogP contribution < -0.4 is 4.74 Å². The number of ether oxygens (including phenoxy) is 2. The van der Waals surface area contributed by atoms with Crippen molar-refractivity contribution in [3.8, 4) is 5.75 Å². The summed E-state index contributed by atoms with van der Waals surface area (Å²) >= 11 is 17.3. The maximum atomic E-state index is 14.1. The number of nitrogens with one attached hydrogen (secondary N) is 1. The molecule has 3 aromatic rings. The van der Waals surface area contributed by atoms with Crippen LogP contribution in [0.15, 0.2) is 42.5 Å². The van der Waals surface area contributed by atoms with E-state index in [4.69, 9.17) is 44.3 Å². The first-order valence-electron chi connectivity index (χ1n) is 11.1. The van der Waals surface area contributed by atoms with Crippen LogP contribution in [0.1, 0.15) is 23.2 Å². The topological polar surface area (TPSA) is 54.6 Å². The van der Waals surface area contributed by atoms with Crippen LogP contribution in [0.2, 0.25) is 0 Å². The van der Waals surface area contributed by atoms with Gasteiger partial charge in [0, 0.05) is 35.1 Å². The number of hydrogen-bond acceptors (Lipinski definition) is 3. The minimum atomic E-state index is -1.66. The van der Waals surface area contributed by atoms with Gasteiger partial charge in [-0.2, -0.15) is 0 Å². The summed E-state index contributed by atoms with van der Waals surface area (Å²) in [5.41, 5.74) is 4.10. The van der Waals surface area contributed by atoms with Crippen molar-refractivity contribution in [1.29, 1.82) is 0 Å². The number of fused-ring (bicyclic) bond motifs is 4. The van der Waals surface area contributed by atoms with Gasteiger partial charge < -0.3 is 19.4 Å². The van der Waals surface area contributed by atoms with Gasteiger partial charge in [0.25, 0.3) is 0 Å². The van der Waals surface area contributed by atoms with Gasteiger partial charge in [0.1, 0.15) is 18.2 Å². The van der Waals surface area contributed by atoms with Crippen LogP contribution in [0.3, 0.4) is 0 Å². The highest BCUT2D eigenvalue weighted by atomic mass is 35.6. The van der Waals surface area contributed by atoms with Crippen molar-refractivity contribution in [2.45, 2.75) is 28.5 Å². The summed E-state index contributed by atoms with van der Waals surface area (Å²) < 4.78 is 23.2. The molecule has 1 amide bonds. The van der Waals surface area contributed by atoms with E-state index in [0.717, 1.165) is 40.8 Å². The second-order valence-electron chi connectivity index (χ2n) is 9.10. The predicted molar refractivity (Wildman–Crippen MR) is 132 cm³/mol. The molecular formula is C25H24Cl3FN2O3. The van der Waals surface area contributed by atoms with Gasteiger partial charge >= 0.3 is 6.09 Å². The Balaban J connectivity index is 1.52. The maximum Gasteiger partial charge on any atom is 0.409 e. The lowest BCUT2D eigenvalue weighted by atomic mass is 9.59. The van der Waals surface area contributed by atoms with E-state index in [-0.39, 0.29) is 23.8 Å². The number of carbonyl (C=O) groups excluding carboxylic acids is 1. The Morgan fingerprint density at radius 1 is 1.26 bits per heavy atom. The number of aromatic amines is 1. The Labute approximate surface area is 212 Å². The number of alkyl halides is 3. The minimum absolute atomic E-state index is 0.0865. The number of likely N-dealkylation sites (tertiary alicyclic amines) is 1. The number of benzene rings is 2. The number of amides is 1. The number of aromatic nitrogens is 1. The average molecular weight is 526 g/mol. The summed E-state index contributed by atoms with van der Waals surface area (Å²) in [5, 5.41) is 0.894. The van der Waals surface area contributed by atoms with Crippen molar-refractivity contribution in [1.82, 2.24) is 9.88 Å². The van der Waals surface area contributed by atoms with Crippen LogP contribution in [0.5, 0.6) is 5.75 Å². The Hall–Kier alpha value is -2.15. The second-order valence-corrected chi connectivity index (χ2v) is 11.6. The average Bonchev–Trinajstić information content (AvgIpc) is 3.16. The van der Waals surface area contributed by atoms with Crippen molar-refractivity contribution in [3.63, 3.8) is 0 Å². The molecule has 2 atom stereocenters. The van der Waals surface area contributed by atoms with Gasteiger partial charge in [-0.1, -0.05) is 46.9 Å². The summed E-state index contributed by atoms with van der Waals surface area (Å²) in [5.74, 6) is 0.613. The van der Waals surface area contributed by atoms with Gasteiger partial charge in [-0.3, -0.25) is 0 Å². The molecule has 1 aliphatic carbocycles. The number of nitrogens with zero attached hydrogens (tertiary/aromatic N) is 1. The molecule has 0 bridgehead atoms. The fourth-order valence-electron chi connectivity index (χ4n) is 5.60. The van der Waals surface area contributed by atoms with Crippen LogP contribution in [-0.2, 0) is 23.0 Å². The summed E-state index contributed by atoms with van der Waals surface area (Å²) in [7, 11) is 1.66. The molecule has 1 fully saturated rings. The van der Waals surface area contributed by atoms with Gasteiger partial charge in [-0.05, 0) is 66.6 Å². The van der Waals surface area contributed by atoms with Gasteiger partial charge in [0.2, 0.25) is 3.79 Å². The molecule has 5 nitrogen and oxygen atoms in total. The van der Waals surface area contributed by atoms with Gasteiger partial charge in [0.15, 0.2) is 0 Å². The van der Waals surface area contributed by atoms with E-state index < -0.39 is 9.89 Å². The quantitative estimate of drug-likeness (QED) is 0.415. The SMILES string of the molecule is COc1cccc(C23CCN(C(=O)OCC(Cl)(Cl)Cl)CC2Cc2c([nH]c4ccc(F)cc24)C3)c1. The number of carbonyl (C=O) groups is 1. The Bertz CT molecular complexity index is 1240. The lowest BCUT2D eigenvalue weighted by molar-refractivity contribution is 0.0539. The van der Waals surface area contributed by atoms with Crippen LogP contribution in [0, 0.1) is 11.7 Å². The van der Waals surface area contributed by atoms with E-state index in [1.165, 1.54) is 11.6 Å². The lowest BCUT2D eigenvalue weighted by Gasteiger charge is -2.50. The third kappa shape index (κ3) is 4.32. The normalized spacial score (nSPS) is 22.3. The van der Waals surface area contributed by atoms with E-state index in [2.05, 4.69) is 17.1 Å². The molecule has 2 aliphatic rings. The van der Waals surface area contributed by atoms with Crippen LogP contribution >= 0.6 is 34.8 Å².